The van der Waals surface area contributed by atoms with Crippen LogP contribution in [0.15, 0.2) is 0 Å². The fourth-order valence-corrected chi connectivity index (χ4v) is 3.40. The van der Waals surface area contributed by atoms with E-state index in [-0.39, 0.29) is 0 Å². The molecule has 112 valence electrons. The third-order valence-corrected chi connectivity index (χ3v) is 4.91. The van der Waals surface area contributed by atoms with Gasteiger partial charge in [-0.2, -0.15) is 0 Å². The van der Waals surface area contributed by atoms with E-state index in [0.717, 1.165) is 17.9 Å². The molecule has 0 aromatic carbocycles. The van der Waals surface area contributed by atoms with Crippen LogP contribution in [-0.2, 0) is 0 Å². The summed E-state index contributed by atoms with van der Waals surface area (Å²) in [6.07, 6.45) is 11.3. The molecule has 2 atom stereocenters. The maximum Gasteiger partial charge on any atom is 0.0195 e. The normalized spacial score (nSPS) is 25.1. The Morgan fingerprint density at radius 2 is 2.00 bits per heavy atom. The zero-order valence-corrected chi connectivity index (χ0v) is 13.2. The predicted molar refractivity (Wildman–Crippen MR) is 83.5 cm³/mol. The fraction of sp³-hybridized carbons (Fsp3) is 1.00. The van der Waals surface area contributed by atoms with Crippen molar-refractivity contribution in [3.8, 4) is 0 Å². The second kappa shape index (κ2) is 8.26. The number of rotatable bonds is 10. The van der Waals surface area contributed by atoms with Crippen molar-refractivity contribution in [2.45, 2.75) is 71.3 Å². The summed E-state index contributed by atoms with van der Waals surface area (Å²) >= 11 is 0. The number of hydrogen-bond donors (Lipinski definition) is 1. The van der Waals surface area contributed by atoms with Crippen LogP contribution in [0.1, 0.15) is 65.2 Å². The standard InChI is InChI=1S/C17H34N2/c1-3-5-7-15(4-2)12-19(13-16-9-10-16)14-17-8-6-11-18-17/h15-18H,3-14H2,1-2H3. The maximum absolute atomic E-state index is 3.67. The van der Waals surface area contributed by atoms with Gasteiger partial charge in [-0.25, -0.2) is 0 Å². The topological polar surface area (TPSA) is 15.3 Å². The van der Waals surface area contributed by atoms with Crippen molar-refractivity contribution in [2.75, 3.05) is 26.2 Å². The Morgan fingerprint density at radius 3 is 2.58 bits per heavy atom. The molecular weight excluding hydrogens is 232 g/mol. The van der Waals surface area contributed by atoms with Crippen molar-refractivity contribution >= 4 is 0 Å². The molecule has 0 amide bonds. The Balaban J connectivity index is 1.76. The van der Waals surface area contributed by atoms with Crippen molar-refractivity contribution < 1.29 is 0 Å². The highest BCUT2D eigenvalue weighted by Gasteiger charge is 2.27. The first-order valence-corrected chi connectivity index (χ1v) is 8.77. The van der Waals surface area contributed by atoms with Gasteiger partial charge in [-0.15, -0.1) is 0 Å². The van der Waals surface area contributed by atoms with E-state index < -0.39 is 0 Å². The first kappa shape index (κ1) is 15.3. The molecule has 0 spiro atoms. The molecule has 1 saturated heterocycles. The number of hydrogen-bond acceptors (Lipinski definition) is 2. The zero-order valence-electron chi connectivity index (χ0n) is 13.2. The van der Waals surface area contributed by atoms with Gasteiger partial charge in [-0.3, -0.25) is 0 Å². The molecule has 2 unspecified atom stereocenters. The quantitative estimate of drug-likeness (QED) is 0.649. The van der Waals surface area contributed by atoms with Crippen LogP contribution in [0.2, 0.25) is 0 Å². The van der Waals surface area contributed by atoms with E-state index in [1.807, 2.05) is 0 Å². The summed E-state index contributed by atoms with van der Waals surface area (Å²) in [5, 5.41) is 3.67. The Morgan fingerprint density at radius 1 is 1.16 bits per heavy atom. The van der Waals surface area contributed by atoms with Crippen LogP contribution >= 0.6 is 0 Å². The SMILES string of the molecule is CCCCC(CC)CN(CC1CC1)CC1CCCN1. The van der Waals surface area contributed by atoms with Crippen molar-refractivity contribution in [1.82, 2.24) is 10.2 Å². The van der Waals surface area contributed by atoms with Crippen LogP contribution in [0.4, 0.5) is 0 Å². The highest BCUT2D eigenvalue weighted by Crippen LogP contribution is 2.30. The molecule has 2 rings (SSSR count). The van der Waals surface area contributed by atoms with Gasteiger partial charge in [0.05, 0.1) is 0 Å². The van der Waals surface area contributed by atoms with E-state index in [0.29, 0.717) is 0 Å². The summed E-state index contributed by atoms with van der Waals surface area (Å²) < 4.78 is 0. The average molecular weight is 266 g/mol. The second-order valence-corrected chi connectivity index (χ2v) is 6.87. The molecule has 2 aliphatic rings. The van der Waals surface area contributed by atoms with E-state index in [4.69, 9.17) is 0 Å². The van der Waals surface area contributed by atoms with Crippen LogP contribution in [-0.4, -0.2) is 37.1 Å². The summed E-state index contributed by atoms with van der Waals surface area (Å²) in [7, 11) is 0. The van der Waals surface area contributed by atoms with Gasteiger partial charge in [0.2, 0.25) is 0 Å². The van der Waals surface area contributed by atoms with Gasteiger partial charge >= 0.3 is 0 Å². The zero-order chi connectivity index (χ0) is 13.5. The van der Waals surface area contributed by atoms with Crippen molar-refractivity contribution in [3.05, 3.63) is 0 Å². The van der Waals surface area contributed by atoms with E-state index in [1.54, 1.807) is 0 Å². The Kier molecular flexibility index (Phi) is 6.66. The van der Waals surface area contributed by atoms with E-state index >= 15 is 0 Å². The fourth-order valence-electron chi connectivity index (χ4n) is 3.40. The number of nitrogens with one attached hydrogen (secondary N) is 1. The molecule has 1 aliphatic heterocycles. The van der Waals surface area contributed by atoms with Crippen LogP contribution < -0.4 is 5.32 Å². The minimum Gasteiger partial charge on any atom is -0.313 e. The van der Waals surface area contributed by atoms with E-state index in [1.165, 1.54) is 77.5 Å². The summed E-state index contributed by atoms with van der Waals surface area (Å²) in [6, 6.07) is 0.780. The summed E-state index contributed by atoms with van der Waals surface area (Å²) in [6.45, 7) is 9.97. The minimum atomic E-state index is 0.780. The molecule has 0 aromatic rings. The van der Waals surface area contributed by atoms with Crippen molar-refractivity contribution in [1.29, 1.82) is 0 Å². The predicted octanol–water partition coefficient (Wildman–Crippen LogP) is 3.67. The highest BCUT2D eigenvalue weighted by atomic mass is 15.2. The molecule has 19 heavy (non-hydrogen) atoms. The lowest BCUT2D eigenvalue weighted by Gasteiger charge is -2.29. The number of unbranched alkanes of at least 4 members (excludes halogenated alkanes) is 1. The van der Waals surface area contributed by atoms with Crippen molar-refractivity contribution in [3.63, 3.8) is 0 Å². The lowest BCUT2D eigenvalue weighted by molar-refractivity contribution is 0.195. The smallest absolute Gasteiger partial charge is 0.0195 e. The van der Waals surface area contributed by atoms with Crippen LogP contribution in [0.25, 0.3) is 0 Å². The van der Waals surface area contributed by atoms with Gasteiger partial charge in [0.25, 0.3) is 0 Å². The molecule has 1 saturated carbocycles. The second-order valence-electron chi connectivity index (χ2n) is 6.87. The third-order valence-electron chi connectivity index (χ3n) is 4.91. The van der Waals surface area contributed by atoms with E-state index in [9.17, 15) is 0 Å². The van der Waals surface area contributed by atoms with Crippen LogP contribution in [0.3, 0.4) is 0 Å². The van der Waals surface area contributed by atoms with Crippen molar-refractivity contribution in [2.24, 2.45) is 11.8 Å². The maximum atomic E-state index is 3.67. The summed E-state index contributed by atoms with van der Waals surface area (Å²) in [4.78, 5) is 2.80. The lowest BCUT2D eigenvalue weighted by Crippen LogP contribution is -2.41. The molecule has 1 N–H and O–H groups in total. The Bertz CT molecular complexity index is 231. The first-order valence-electron chi connectivity index (χ1n) is 8.77. The van der Waals surface area contributed by atoms with Gasteiger partial charge < -0.3 is 10.2 Å². The number of nitrogens with zero attached hydrogens (tertiary/aromatic N) is 1. The van der Waals surface area contributed by atoms with Gasteiger partial charge in [0, 0.05) is 25.7 Å². The minimum absolute atomic E-state index is 0.780. The molecule has 0 aromatic heterocycles. The largest absolute Gasteiger partial charge is 0.313 e. The molecule has 1 aliphatic carbocycles. The van der Waals surface area contributed by atoms with Gasteiger partial charge in [-0.05, 0) is 50.5 Å². The molecule has 1 heterocycles. The van der Waals surface area contributed by atoms with Crippen LogP contribution in [0.5, 0.6) is 0 Å². The molecular formula is C17H34N2. The van der Waals surface area contributed by atoms with Crippen LogP contribution in [0, 0.1) is 11.8 Å². The first-order chi connectivity index (χ1) is 9.31. The molecule has 2 nitrogen and oxygen atoms in total. The molecule has 0 bridgehead atoms. The van der Waals surface area contributed by atoms with Gasteiger partial charge in [0.1, 0.15) is 0 Å². The molecule has 0 radical (unpaired) electrons. The Hall–Kier alpha value is -0.0800. The third kappa shape index (κ3) is 5.83. The summed E-state index contributed by atoms with van der Waals surface area (Å²) in [5.41, 5.74) is 0. The van der Waals surface area contributed by atoms with E-state index in [2.05, 4.69) is 24.1 Å². The monoisotopic (exact) mass is 266 g/mol. The van der Waals surface area contributed by atoms with Gasteiger partial charge in [-0.1, -0.05) is 33.1 Å². The van der Waals surface area contributed by atoms with Gasteiger partial charge in [0.15, 0.2) is 0 Å². The Labute approximate surface area is 120 Å². The average Bonchev–Trinajstić information content (AvgIpc) is 3.08. The molecule has 2 fully saturated rings. The highest BCUT2D eigenvalue weighted by molar-refractivity contribution is 4.83. The molecule has 2 heteroatoms. The summed E-state index contributed by atoms with van der Waals surface area (Å²) in [5.74, 6) is 1.96. The lowest BCUT2D eigenvalue weighted by atomic mass is 9.98.